The molecule has 0 unspecified atom stereocenters. The first-order chi connectivity index (χ1) is 12.0. The van der Waals surface area contributed by atoms with Crippen LogP contribution in [0, 0.1) is 17.4 Å². The standard InChI is InChI=1S/C18H21N5O2/c1-3-13(2)16(18(25)21-11-19)22-17(24)15-6-4-5-14(9-15)10-23-8-7-20-12-23/h4-9,12-13,16H,3,10H2,1-2H3,(H,21,25)(H,22,24)/t13-,16-/m0/s1. The maximum Gasteiger partial charge on any atom is 0.255 e. The van der Waals surface area contributed by atoms with E-state index in [1.807, 2.05) is 30.7 Å². The van der Waals surface area contributed by atoms with Gasteiger partial charge in [-0.3, -0.25) is 14.9 Å². The Morgan fingerprint density at radius 3 is 2.84 bits per heavy atom. The molecule has 1 aromatic carbocycles. The second-order valence-corrected chi connectivity index (χ2v) is 5.87. The van der Waals surface area contributed by atoms with Crippen molar-refractivity contribution in [3.63, 3.8) is 0 Å². The Morgan fingerprint density at radius 1 is 1.40 bits per heavy atom. The SMILES string of the molecule is CC[C@H](C)[C@H](NC(=O)c1cccc(Cn2ccnc2)c1)C(=O)NC#N. The molecule has 0 fully saturated rings. The van der Waals surface area contributed by atoms with Gasteiger partial charge in [-0.15, -0.1) is 0 Å². The predicted molar refractivity (Wildman–Crippen MR) is 92.2 cm³/mol. The van der Waals surface area contributed by atoms with Gasteiger partial charge < -0.3 is 9.88 Å². The average molecular weight is 339 g/mol. The van der Waals surface area contributed by atoms with Crippen molar-refractivity contribution in [1.29, 1.82) is 5.26 Å². The number of benzene rings is 1. The fraction of sp³-hybridized carbons (Fsp3) is 0.333. The van der Waals surface area contributed by atoms with E-state index in [4.69, 9.17) is 5.26 Å². The Balaban J connectivity index is 2.13. The molecule has 0 radical (unpaired) electrons. The summed E-state index contributed by atoms with van der Waals surface area (Å²) in [6.45, 7) is 4.39. The summed E-state index contributed by atoms with van der Waals surface area (Å²) in [6, 6.07) is 6.45. The van der Waals surface area contributed by atoms with Crippen molar-refractivity contribution in [1.82, 2.24) is 20.2 Å². The first kappa shape index (κ1) is 18.2. The van der Waals surface area contributed by atoms with Crippen LogP contribution in [0.15, 0.2) is 43.0 Å². The molecule has 0 spiro atoms. The third kappa shape index (κ3) is 4.91. The maximum absolute atomic E-state index is 12.5. The van der Waals surface area contributed by atoms with E-state index in [9.17, 15) is 9.59 Å². The van der Waals surface area contributed by atoms with E-state index < -0.39 is 11.9 Å². The van der Waals surface area contributed by atoms with E-state index in [-0.39, 0.29) is 11.8 Å². The molecule has 7 heteroatoms. The Kier molecular flexibility index (Phi) is 6.29. The van der Waals surface area contributed by atoms with Gasteiger partial charge in [-0.2, -0.15) is 5.26 Å². The van der Waals surface area contributed by atoms with Crippen LogP contribution < -0.4 is 10.6 Å². The van der Waals surface area contributed by atoms with Gasteiger partial charge in [-0.05, 0) is 23.6 Å². The van der Waals surface area contributed by atoms with Gasteiger partial charge in [-0.1, -0.05) is 32.4 Å². The fourth-order valence-electron chi connectivity index (χ4n) is 2.46. The zero-order chi connectivity index (χ0) is 18.2. The lowest BCUT2D eigenvalue weighted by Gasteiger charge is -2.22. The molecule has 1 aromatic heterocycles. The van der Waals surface area contributed by atoms with Crippen LogP contribution in [-0.2, 0) is 11.3 Å². The van der Waals surface area contributed by atoms with Crippen LogP contribution >= 0.6 is 0 Å². The second-order valence-electron chi connectivity index (χ2n) is 5.87. The molecule has 25 heavy (non-hydrogen) atoms. The van der Waals surface area contributed by atoms with Crippen molar-refractivity contribution >= 4 is 11.8 Å². The molecule has 1 heterocycles. The van der Waals surface area contributed by atoms with E-state index in [1.54, 1.807) is 36.9 Å². The Labute approximate surface area is 146 Å². The monoisotopic (exact) mass is 339 g/mol. The lowest BCUT2D eigenvalue weighted by molar-refractivity contribution is -0.123. The number of nitrogens with one attached hydrogen (secondary N) is 2. The highest BCUT2D eigenvalue weighted by molar-refractivity contribution is 5.98. The molecular formula is C18H21N5O2. The topological polar surface area (TPSA) is 99.8 Å². The first-order valence-corrected chi connectivity index (χ1v) is 8.09. The van der Waals surface area contributed by atoms with Crippen LogP contribution in [0.4, 0.5) is 0 Å². The van der Waals surface area contributed by atoms with E-state index in [0.717, 1.165) is 5.56 Å². The van der Waals surface area contributed by atoms with Gasteiger partial charge in [0.05, 0.1) is 6.33 Å². The van der Waals surface area contributed by atoms with Gasteiger partial charge in [0.15, 0.2) is 6.19 Å². The van der Waals surface area contributed by atoms with E-state index in [2.05, 4.69) is 15.6 Å². The summed E-state index contributed by atoms with van der Waals surface area (Å²) in [7, 11) is 0. The Hall–Kier alpha value is -3.14. The van der Waals surface area contributed by atoms with Crippen LogP contribution in [0.2, 0.25) is 0 Å². The molecule has 0 saturated heterocycles. The normalized spacial score (nSPS) is 12.7. The number of carbonyl (C=O) groups is 2. The molecular weight excluding hydrogens is 318 g/mol. The van der Waals surface area contributed by atoms with E-state index in [0.29, 0.717) is 18.5 Å². The van der Waals surface area contributed by atoms with Gasteiger partial charge in [0.25, 0.3) is 11.8 Å². The van der Waals surface area contributed by atoms with Crippen molar-refractivity contribution in [2.75, 3.05) is 0 Å². The largest absolute Gasteiger partial charge is 0.340 e. The smallest absolute Gasteiger partial charge is 0.255 e. The summed E-state index contributed by atoms with van der Waals surface area (Å²) in [5, 5.41) is 13.5. The zero-order valence-electron chi connectivity index (χ0n) is 14.3. The van der Waals surface area contributed by atoms with Crippen LogP contribution in [0.3, 0.4) is 0 Å². The maximum atomic E-state index is 12.5. The van der Waals surface area contributed by atoms with Crippen molar-refractivity contribution < 1.29 is 9.59 Å². The van der Waals surface area contributed by atoms with Gasteiger partial charge in [0.1, 0.15) is 6.04 Å². The minimum atomic E-state index is -0.755. The van der Waals surface area contributed by atoms with Crippen molar-refractivity contribution in [3.05, 3.63) is 54.1 Å². The molecule has 0 aliphatic rings. The molecule has 130 valence electrons. The number of amides is 2. The van der Waals surface area contributed by atoms with E-state index >= 15 is 0 Å². The third-order valence-electron chi connectivity index (χ3n) is 4.07. The zero-order valence-corrected chi connectivity index (χ0v) is 14.3. The second kappa shape index (κ2) is 8.64. The van der Waals surface area contributed by atoms with Crippen molar-refractivity contribution in [2.45, 2.75) is 32.9 Å². The molecule has 2 amide bonds. The summed E-state index contributed by atoms with van der Waals surface area (Å²) in [4.78, 5) is 28.6. The molecule has 0 aliphatic carbocycles. The fourth-order valence-corrected chi connectivity index (χ4v) is 2.46. The number of aromatic nitrogens is 2. The molecule has 7 nitrogen and oxygen atoms in total. The summed E-state index contributed by atoms with van der Waals surface area (Å²) in [5.74, 6) is -0.933. The lowest BCUT2D eigenvalue weighted by atomic mass is 9.98. The van der Waals surface area contributed by atoms with Gasteiger partial charge in [0.2, 0.25) is 0 Å². The molecule has 2 atom stereocenters. The Bertz CT molecular complexity index is 764. The first-order valence-electron chi connectivity index (χ1n) is 8.09. The molecule has 0 saturated carbocycles. The molecule has 2 N–H and O–H groups in total. The van der Waals surface area contributed by atoms with Crippen LogP contribution in [0.25, 0.3) is 0 Å². The number of imidazole rings is 1. The number of rotatable bonds is 7. The van der Waals surface area contributed by atoms with Crippen LogP contribution in [-0.4, -0.2) is 27.4 Å². The summed E-state index contributed by atoms with van der Waals surface area (Å²) < 4.78 is 1.90. The van der Waals surface area contributed by atoms with Crippen LogP contribution in [0.5, 0.6) is 0 Å². The van der Waals surface area contributed by atoms with Crippen LogP contribution in [0.1, 0.15) is 36.2 Å². The highest BCUT2D eigenvalue weighted by Crippen LogP contribution is 2.11. The van der Waals surface area contributed by atoms with E-state index in [1.165, 1.54) is 0 Å². The average Bonchev–Trinajstić information content (AvgIpc) is 3.12. The molecule has 0 bridgehead atoms. The molecule has 2 aromatic rings. The van der Waals surface area contributed by atoms with Gasteiger partial charge >= 0.3 is 0 Å². The highest BCUT2D eigenvalue weighted by atomic mass is 16.2. The quantitative estimate of drug-likeness (QED) is 0.592. The number of hydrogen-bond acceptors (Lipinski definition) is 4. The Morgan fingerprint density at radius 2 is 2.20 bits per heavy atom. The lowest BCUT2D eigenvalue weighted by Crippen LogP contribution is -2.49. The van der Waals surface area contributed by atoms with Gasteiger partial charge in [-0.25, -0.2) is 4.98 Å². The highest BCUT2D eigenvalue weighted by Gasteiger charge is 2.26. The molecule has 0 aliphatic heterocycles. The summed E-state index contributed by atoms with van der Waals surface area (Å²) >= 11 is 0. The van der Waals surface area contributed by atoms with Crippen molar-refractivity contribution in [2.24, 2.45) is 5.92 Å². The number of carbonyl (C=O) groups excluding carboxylic acids is 2. The minimum Gasteiger partial charge on any atom is -0.340 e. The van der Waals surface area contributed by atoms with Crippen molar-refractivity contribution in [3.8, 4) is 6.19 Å². The summed E-state index contributed by atoms with van der Waals surface area (Å²) in [6.07, 6.45) is 7.56. The number of nitriles is 1. The number of hydrogen-bond donors (Lipinski definition) is 2. The molecule has 2 rings (SSSR count). The third-order valence-corrected chi connectivity index (χ3v) is 4.07. The number of nitrogens with zero attached hydrogens (tertiary/aromatic N) is 3. The minimum absolute atomic E-state index is 0.0913. The predicted octanol–water partition coefficient (Wildman–Crippen LogP) is 1.67. The summed E-state index contributed by atoms with van der Waals surface area (Å²) in [5.41, 5.74) is 1.42. The van der Waals surface area contributed by atoms with Gasteiger partial charge in [0, 0.05) is 24.5 Å².